The van der Waals surface area contributed by atoms with Gasteiger partial charge in [-0.2, -0.15) is 0 Å². The highest BCUT2D eigenvalue weighted by Gasteiger charge is 2.11. The first-order valence-corrected chi connectivity index (χ1v) is 6.14. The van der Waals surface area contributed by atoms with Gasteiger partial charge in [-0.3, -0.25) is 0 Å². The third kappa shape index (κ3) is 5.38. The van der Waals surface area contributed by atoms with Crippen molar-refractivity contribution in [1.82, 2.24) is 0 Å². The molecule has 0 aromatic heterocycles. The van der Waals surface area contributed by atoms with Gasteiger partial charge in [-0.25, -0.2) is 4.79 Å². The molecule has 0 saturated carbocycles. The molecule has 0 aliphatic rings. The van der Waals surface area contributed by atoms with Gasteiger partial charge in [0.1, 0.15) is 0 Å². The van der Waals surface area contributed by atoms with Crippen LogP contribution in [-0.4, -0.2) is 17.9 Å². The lowest BCUT2D eigenvalue weighted by atomic mass is 9.91. The van der Waals surface area contributed by atoms with Gasteiger partial charge in [0.25, 0.3) is 0 Å². The first-order chi connectivity index (χ1) is 8.24. The van der Waals surface area contributed by atoms with E-state index in [-0.39, 0.29) is 6.61 Å². The Bertz CT molecular complexity index is 321. The van der Waals surface area contributed by atoms with E-state index in [9.17, 15) is 4.79 Å². The third-order valence-corrected chi connectivity index (χ3v) is 2.87. The Morgan fingerprint density at radius 3 is 2.59 bits per heavy atom. The number of carbonyl (C=O) groups is 1. The van der Waals surface area contributed by atoms with Gasteiger partial charge in [0.15, 0.2) is 0 Å². The molecule has 94 valence electrons. The highest BCUT2D eigenvalue weighted by molar-refractivity contribution is 5.56. The second-order valence-electron chi connectivity index (χ2n) is 4.15. The Morgan fingerprint density at radius 1 is 1.29 bits per heavy atom. The first-order valence-electron chi connectivity index (χ1n) is 6.14. The number of hydrogen-bond donors (Lipinski definition) is 1. The standard InChI is InChI=1S/C14H20O3/c1-2-3-7-13(10-11-17-14(15)16)12-8-5-4-6-9-12/h4-6,8-9,13H,2-3,7,10-11H2,1H3,(H,15,16). The predicted octanol–water partition coefficient (Wildman–Crippen LogP) is 4.05. The minimum atomic E-state index is -1.19. The van der Waals surface area contributed by atoms with Gasteiger partial charge in [-0.15, -0.1) is 0 Å². The molecule has 1 aromatic rings. The zero-order chi connectivity index (χ0) is 12.5. The van der Waals surface area contributed by atoms with E-state index in [1.54, 1.807) is 0 Å². The molecule has 1 N–H and O–H groups in total. The van der Waals surface area contributed by atoms with Crippen molar-refractivity contribution in [2.75, 3.05) is 6.61 Å². The second kappa shape index (κ2) is 7.71. The van der Waals surface area contributed by atoms with Crippen molar-refractivity contribution < 1.29 is 14.6 Å². The van der Waals surface area contributed by atoms with Crippen LogP contribution in [0.25, 0.3) is 0 Å². The molecule has 0 heterocycles. The Balaban J connectivity index is 2.51. The molecule has 0 aliphatic carbocycles. The third-order valence-electron chi connectivity index (χ3n) is 2.87. The maximum absolute atomic E-state index is 10.3. The smallest absolute Gasteiger partial charge is 0.450 e. The molecule has 1 aromatic carbocycles. The monoisotopic (exact) mass is 236 g/mol. The highest BCUT2D eigenvalue weighted by Crippen LogP contribution is 2.25. The summed E-state index contributed by atoms with van der Waals surface area (Å²) in [7, 11) is 0. The van der Waals surface area contributed by atoms with Gasteiger partial charge in [0.2, 0.25) is 0 Å². The molecule has 3 heteroatoms. The van der Waals surface area contributed by atoms with E-state index in [0.29, 0.717) is 5.92 Å². The maximum Gasteiger partial charge on any atom is 0.505 e. The lowest BCUT2D eigenvalue weighted by Crippen LogP contribution is -2.07. The molecule has 0 amide bonds. The van der Waals surface area contributed by atoms with Crippen molar-refractivity contribution >= 4 is 6.16 Å². The van der Waals surface area contributed by atoms with E-state index in [1.807, 2.05) is 18.2 Å². The van der Waals surface area contributed by atoms with Crippen LogP contribution in [0.2, 0.25) is 0 Å². The van der Waals surface area contributed by atoms with Crippen LogP contribution in [0.15, 0.2) is 30.3 Å². The van der Waals surface area contributed by atoms with E-state index in [0.717, 1.165) is 25.7 Å². The van der Waals surface area contributed by atoms with Crippen LogP contribution in [0.1, 0.15) is 44.1 Å². The second-order valence-corrected chi connectivity index (χ2v) is 4.15. The SMILES string of the molecule is CCCCC(CCOC(=O)O)c1ccccc1. The molecule has 0 aliphatic heterocycles. The van der Waals surface area contributed by atoms with E-state index < -0.39 is 6.16 Å². The van der Waals surface area contributed by atoms with Crippen molar-refractivity contribution in [2.24, 2.45) is 0 Å². The highest BCUT2D eigenvalue weighted by atomic mass is 16.7. The van der Waals surface area contributed by atoms with E-state index in [2.05, 4.69) is 23.8 Å². The molecule has 3 nitrogen and oxygen atoms in total. The van der Waals surface area contributed by atoms with Gasteiger partial charge in [-0.1, -0.05) is 50.1 Å². The number of rotatable bonds is 7. The molecular weight excluding hydrogens is 216 g/mol. The zero-order valence-electron chi connectivity index (χ0n) is 10.3. The molecule has 0 fully saturated rings. The fraction of sp³-hybridized carbons (Fsp3) is 0.500. The van der Waals surface area contributed by atoms with Crippen molar-refractivity contribution in [2.45, 2.75) is 38.5 Å². The molecule has 1 unspecified atom stereocenters. The average Bonchev–Trinajstić information content (AvgIpc) is 2.34. The minimum Gasteiger partial charge on any atom is -0.450 e. The van der Waals surface area contributed by atoms with E-state index >= 15 is 0 Å². The summed E-state index contributed by atoms with van der Waals surface area (Å²) in [4.78, 5) is 10.3. The number of carboxylic acid groups (broad SMARTS) is 1. The summed E-state index contributed by atoms with van der Waals surface area (Å²) in [5.74, 6) is 0.399. The average molecular weight is 236 g/mol. The fourth-order valence-electron chi connectivity index (χ4n) is 1.94. The van der Waals surface area contributed by atoms with Crippen molar-refractivity contribution in [3.63, 3.8) is 0 Å². The van der Waals surface area contributed by atoms with Crippen molar-refractivity contribution in [3.8, 4) is 0 Å². The lowest BCUT2D eigenvalue weighted by Gasteiger charge is -2.16. The largest absolute Gasteiger partial charge is 0.505 e. The summed E-state index contributed by atoms with van der Waals surface area (Å²) in [6.45, 7) is 2.44. The van der Waals surface area contributed by atoms with Crippen LogP contribution >= 0.6 is 0 Å². The molecule has 1 rings (SSSR count). The van der Waals surface area contributed by atoms with Crippen molar-refractivity contribution in [1.29, 1.82) is 0 Å². The number of benzene rings is 1. The fourth-order valence-corrected chi connectivity index (χ4v) is 1.94. The van der Waals surface area contributed by atoms with Crippen LogP contribution in [-0.2, 0) is 4.74 Å². The predicted molar refractivity (Wildman–Crippen MR) is 67.3 cm³/mol. The lowest BCUT2D eigenvalue weighted by molar-refractivity contribution is 0.0885. The molecule has 17 heavy (non-hydrogen) atoms. The molecule has 0 spiro atoms. The number of hydrogen-bond acceptors (Lipinski definition) is 2. The first kappa shape index (κ1) is 13.6. The number of unbranched alkanes of at least 4 members (excludes halogenated alkanes) is 1. The maximum atomic E-state index is 10.3. The van der Waals surface area contributed by atoms with Crippen molar-refractivity contribution in [3.05, 3.63) is 35.9 Å². The normalized spacial score (nSPS) is 12.1. The van der Waals surface area contributed by atoms with E-state index in [1.165, 1.54) is 5.56 Å². The summed E-state index contributed by atoms with van der Waals surface area (Å²) >= 11 is 0. The molecule has 0 saturated heterocycles. The summed E-state index contributed by atoms with van der Waals surface area (Å²) in [5.41, 5.74) is 1.27. The molecule has 0 bridgehead atoms. The topological polar surface area (TPSA) is 46.5 Å². The van der Waals surface area contributed by atoms with Gasteiger partial charge in [0.05, 0.1) is 6.61 Å². The van der Waals surface area contributed by atoms with Crippen LogP contribution in [0, 0.1) is 0 Å². The summed E-state index contributed by atoms with van der Waals surface area (Å²) in [6.07, 6.45) is 2.97. The molecular formula is C14H20O3. The quantitative estimate of drug-likeness (QED) is 0.726. The summed E-state index contributed by atoms with van der Waals surface area (Å²) < 4.78 is 4.59. The van der Waals surface area contributed by atoms with Gasteiger partial charge >= 0.3 is 6.16 Å². The Labute approximate surface area is 102 Å². The van der Waals surface area contributed by atoms with Gasteiger partial charge in [-0.05, 0) is 24.3 Å². The minimum absolute atomic E-state index is 0.276. The Hall–Kier alpha value is -1.51. The number of ether oxygens (including phenoxy) is 1. The Kier molecular flexibility index (Phi) is 6.15. The van der Waals surface area contributed by atoms with Crippen LogP contribution in [0.5, 0.6) is 0 Å². The Morgan fingerprint density at radius 2 is 2.00 bits per heavy atom. The van der Waals surface area contributed by atoms with Gasteiger partial charge < -0.3 is 9.84 Å². The zero-order valence-corrected chi connectivity index (χ0v) is 10.3. The van der Waals surface area contributed by atoms with E-state index in [4.69, 9.17) is 5.11 Å². The van der Waals surface area contributed by atoms with Crippen LogP contribution in [0.3, 0.4) is 0 Å². The van der Waals surface area contributed by atoms with Crippen LogP contribution < -0.4 is 0 Å². The van der Waals surface area contributed by atoms with Gasteiger partial charge in [0, 0.05) is 0 Å². The molecule has 0 radical (unpaired) electrons. The molecule has 1 atom stereocenters. The summed E-state index contributed by atoms with van der Waals surface area (Å²) in [6, 6.07) is 10.2. The van der Waals surface area contributed by atoms with Crippen LogP contribution in [0.4, 0.5) is 4.79 Å². The summed E-state index contributed by atoms with van der Waals surface area (Å²) in [5, 5.41) is 8.45.